The van der Waals surface area contributed by atoms with E-state index >= 15 is 0 Å². The summed E-state index contributed by atoms with van der Waals surface area (Å²) in [5.74, 6) is -2.50. The number of rotatable bonds is 4. The highest BCUT2D eigenvalue weighted by molar-refractivity contribution is 8.01. The van der Waals surface area contributed by atoms with Crippen molar-refractivity contribution in [3.63, 3.8) is 0 Å². The van der Waals surface area contributed by atoms with Crippen molar-refractivity contribution in [3.05, 3.63) is 40.7 Å². The third kappa shape index (κ3) is 4.10. The fraction of sp³-hybridized carbons (Fsp3) is 0.222. The predicted octanol–water partition coefficient (Wildman–Crippen LogP) is 5.38. The van der Waals surface area contributed by atoms with Gasteiger partial charge in [-0.05, 0) is 36.9 Å². The minimum Gasteiger partial charge on any atom is -0.494 e. The van der Waals surface area contributed by atoms with Gasteiger partial charge in [0.05, 0.1) is 33.5 Å². The van der Waals surface area contributed by atoms with E-state index in [1.54, 1.807) is 0 Å². The number of hydrogen-bond donors (Lipinski definition) is 0. The molecule has 0 aliphatic rings. The number of ether oxygens (including phenoxy) is 2. The number of thiophene rings is 1. The first-order chi connectivity index (χ1) is 13.5. The summed E-state index contributed by atoms with van der Waals surface area (Å²) >= 11 is 0.441. The number of fused-ring (bicyclic) bond motifs is 1. The first-order valence-corrected chi connectivity index (χ1v) is 9.68. The molecule has 0 unspecified atom stereocenters. The van der Waals surface area contributed by atoms with Crippen LogP contribution in [0, 0.1) is 12.7 Å². The smallest absolute Gasteiger partial charge is 0.447 e. The highest BCUT2D eigenvalue weighted by Crippen LogP contribution is 2.41. The number of carbonyl (C=O) groups is 2. The SMILES string of the molecule is COc1ccc2c(c1F)c(OC(C)=O)c(C)n2C(=O)c1csc(SC(F)(F)F)c1. The summed E-state index contributed by atoms with van der Waals surface area (Å²) in [5.41, 5.74) is -4.27. The second-order valence-corrected chi connectivity index (χ2v) is 8.10. The fourth-order valence-corrected chi connectivity index (χ4v) is 4.47. The van der Waals surface area contributed by atoms with Gasteiger partial charge in [-0.25, -0.2) is 4.39 Å². The Morgan fingerprint density at radius 2 is 1.93 bits per heavy atom. The van der Waals surface area contributed by atoms with Crippen LogP contribution in [0.15, 0.2) is 27.8 Å². The van der Waals surface area contributed by atoms with E-state index in [0.29, 0.717) is 0 Å². The van der Waals surface area contributed by atoms with E-state index in [4.69, 9.17) is 9.47 Å². The summed E-state index contributed by atoms with van der Waals surface area (Å²) < 4.78 is 63.6. The number of aromatic nitrogens is 1. The number of alkyl halides is 3. The number of esters is 1. The summed E-state index contributed by atoms with van der Waals surface area (Å²) in [5, 5.41) is 1.15. The Morgan fingerprint density at radius 1 is 1.24 bits per heavy atom. The number of nitrogens with zero attached hydrogens (tertiary/aromatic N) is 1. The largest absolute Gasteiger partial charge is 0.494 e. The molecule has 2 heterocycles. The maximum absolute atomic E-state index is 14.9. The van der Waals surface area contributed by atoms with Gasteiger partial charge in [0.15, 0.2) is 17.3 Å². The van der Waals surface area contributed by atoms with Gasteiger partial charge in [-0.2, -0.15) is 13.2 Å². The third-order valence-electron chi connectivity index (χ3n) is 3.92. The van der Waals surface area contributed by atoms with Crippen molar-refractivity contribution in [3.8, 4) is 11.5 Å². The Kier molecular flexibility index (Phi) is 5.63. The van der Waals surface area contributed by atoms with E-state index in [2.05, 4.69) is 0 Å². The lowest BCUT2D eigenvalue weighted by Gasteiger charge is -2.06. The maximum atomic E-state index is 14.9. The Labute approximate surface area is 170 Å². The highest BCUT2D eigenvalue weighted by atomic mass is 32.2. The molecule has 0 aliphatic heterocycles. The molecule has 2 aromatic heterocycles. The van der Waals surface area contributed by atoms with Crippen LogP contribution in [-0.2, 0) is 4.79 Å². The average molecular weight is 447 g/mol. The van der Waals surface area contributed by atoms with Gasteiger partial charge < -0.3 is 9.47 Å². The lowest BCUT2D eigenvalue weighted by atomic mass is 10.2. The first kappa shape index (κ1) is 21.2. The summed E-state index contributed by atoms with van der Waals surface area (Å²) in [7, 11) is 1.26. The molecule has 1 aromatic carbocycles. The van der Waals surface area contributed by atoms with Crippen LogP contribution in [-0.4, -0.2) is 29.1 Å². The number of halogens is 4. The quantitative estimate of drug-likeness (QED) is 0.305. The van der Waals surface area contributed by atoms with Crippen LogP contribution < -0.4 is 9.47 Å². The molecule has 0 amide bonds. The van der Waals surface area contributed by atoms with Crippen LogP contribution in [0.2, 0.25) is 0 Å². The number of hydrogen-bond acceptors (Lipinski definition) is 6. The molecule has 0 atom stereocenters. The third-order valence-corrected chi connectivity index (χ3v) is 5.74. The van der Waals surface area contributed by atoms with Crippen LogP contribution in [0.1, 0.15) is 23.0 Å². The number of benzene rings is 1. The first-order valence-electron chi connectivity index (χ1n) is 7.98. The standard InChI is InChI=1S/C18H13F4NO4S2/c1-8-16(27-9(2)24)14-11(4-5-12(26-3)15(14)19)23(8)17(25)10-6-13(28-7-10)29-18(20,21)22/h4-7H,1-3H3. The zero-order chi connectivity index (χ0) is 21.5. The van der Waals surface area contributed by atoms with Crippen LogP contribution in [0.3, 0.4) is 0 Å². The molecule has 0 radical (unpaired) electrons. The molecule has 0 fully saturated rings. The Bertz CT molecular complexity index is 1120. The Hall–Kier alpha value is -2.53. The van der Waals surface area contributed by atoms with Crippen LogP contribution in [0.25, 0.3) is 10.9 Å². The van der Waals surface area contributed by atoms with E-state index in [0.717, 1.165) is 28.9 Å². The van der Waals surface area contributed by atoms with E-state index in [9.17, 15) is 27.2 Å². The molecule has 0 spiro atoms. The van der Waals surface area contributed by atoms with Crippen molar-refractivity contribution in [1.82, 2.24) is 4.57 Å². The van der Waals surface area contributed by atoms with Gasteiger partial charge in [-0.1, -0.05) is 0 Å². The topological polar surface area (TPSA) is 57.5 Å². The van der Waals surface area contributed by atoms with Gasteiger partial charge in [0.2, 0.25) is 0 Å². The van der Waals surface area contributed by atoms with Crippen molar-refractivity contribution >= 4 is 45.9 Å². The molecule has 0 saturated carbocycles. The Morgan fingerprint density at radius 3 is 2.52 bits per heavy atom. The van der Waals surface area contributed by atoms with E-state index in [1.807, 2.05) is 0 Å². The molecular formula is C18H13F4NO4S2. The lowest BCUT2D eigenvalue weighted by molar-refractivity contribution is -0.131. The van der Waals surface area contributed by atoms with Crippen molar-refractivity contribution in [2.24, 2.45) is 0 Å². The summed E-state index contributed by atoms with van der Waals surface area (Å²) in [6.07, 6.45) is 0. The van der Waals surface area contributed by atoms with Gasteiger partial charge in [0, 0.05) is 12.3 Å². The molecule has 3 rings (SSSR count). The molecule has 154 valence electrons. The zero-order valence-electron chi connectivity index (χ0n) is 15.2. The predicted molar refractivity (Wildman–Crippen MR) is 100 cm³/mol. The molecule has 11 heteroatoms. The molecule has 0 N–H and O–H groups in total. The number of methoxy groups -OCH3 is 1. The van der Waals surface area contributed by atoms with Crippen LogP contribution in [0.5, 0.6) is 11.5 Å². The van der Waals surface area contributed by atoms with E-state index < -0.39 is 23.2 Å². The minimum atomic E-state index is -4.48. The monoisotopic (exact) mass is 447 g/mol. The normalized spacial score (nSPS) is 11.7. The van der Waals surface area contributed by atoms with Crippen molar-refractivity contribution < 1.29 is 36.6 Å². The molecule has 3 aromatic rings. The van der Waals surface area contributed by atoms with Crippen LogP contribution >= 0.6 is 23.1 Å². The summed E-state index contributed by atoms with van der Waals surface area (Å²) in [6.45, 7) is 2.57. The summed E-state index contributed by atoms with van der Waals surface area (Å²) in [6, 6.07) is 3.83. The zero-order valence-corrected chi connectivity index (χ0v) is 16.9. The molecule has 0 bridgehead atoms. The minimum absolute atomic E-state index is 0.00708. The van der Waals surface area contributed by atoms with Gasteiger partial charge in [0.1, 0.15) is 0 Å². The van der Waals surface area contributed by atoms with Crippen molar-refractivity contribution in [2.45, 2.75) is 23.6 Å². The highest BCUT2D eigenvalue weighted by Gasteiger charge is 2.31. The molecule has 5 nitrogen and oxygen atoms in total. The molecule has 29 heavy (non-hydrogen) atoms. The average Bonchev–Trinajstić information content (AvgIpc) is 3.16. The van der Waals surface area contributed by atoms with Crippen molar-refractivity contribution in [1.29, 1.82) is 0 Å². The van der Waals surface area contributed by atoms with E-state index in [-0.39, 0.29) is 49.6 Å². The Balaban J connectivity index is 2.16. The molecular weight excluding hydrogens is 434 g/mol. The number of carbonyl (C=O) groups excluding carboxylic acids is 2. The second-order valence-electron chi connectivity index (χ2n) is 5.83. The maximum Gasteiger partial charge on any atom is 0.447 e. The van der Waals surface area contributed by atoms with Crippen LogP contribution in [0.4, 0.5) is 17.6 Å². The van der Waals surface area contributed by atoms with Gasteiger partial charge >= 0.3 is 11.5 Å². The number of thioether (sulfide) groups is 1. The molecule has 0 aliphatic carbocycles. The lowest BCUT2D eigenvalue weighted by Crippen LogP contribution is -2.13. The summed E-state index contributed by atoms with van der Waals surface area (Å²) in [4.78, 5) is 24.5. The fourth-order valence-electron chi connectivity index (χ4n) is 2.83. The van der Waals surface area contributed by atoms with Gasteiger partial charge in [-0.3, -0.25) is 14.2 Å². The van der Waals surface area contributed by atoms with Gasteiger partial charge in [-0.15, -0.1) is 11.3 Å². The van der Waals surface area contributed by atoms with Crippen molar-refractivity contribution in [2.75, 3.05) is 7.11 Å². The van der Waals surface area contributed by atoms with Gasteiger partial charge in [0.25, 0.3) is 5.91 Å². The second kappa shape index (κ2) is 7.71. The van der Waals surface area contributed by atoms with E-state index in [1.165, 1.54) is 31.5 Å². The molecule has 0 saturated heterocycles.